The van der Waals surface area contributed by atoms with E-state index in [0.29, 0.717) is 0 Å². The number of nitrogens with one attached hydrogen (secondary N) is 1. The first kappa shape index (κ1) is 10.5. The molecule has 5 nitrogen and oxygen atoms in total. The van der Waals surface area contributed by atoms with Crippen LogP contribution in [0.5, 0.6) is 0 Å². The van der Waals surface area contributed by atoms with Crippen LogP contribution >= 0.6 is 0 Å². The molecule has 1 atom stereocenters. The fraction of sp³-hybridized carbons (Fsp3) is 0.429. The Morgan fingerprint density at radius 3 is 2.58 bits per heavy atom. The minimum absolute atomic E-state index is 0.143. The number of nitrogens with two attached hydrogens (primary N) is 2. The Labute approximate surface area is 70.5 Å². The Hall–Kier alpha value is -1.54. The molecule has 0 aliphatic heterocycles. The van der Waals surface area contributed by atoms with Crippen LogP contribution < -0.4 is 16.8 Å². The highest BCUT2D eigenvalue weighted by atomic mass is 16.2. The minimum atomic E-state index is -0.769. The molecule has 5 N–H and O–H groups in total. The smallest absolute Gasteiger partial charge is 0.238 e. The second-order valence-corrected chi connectivity index (χ2v) is 2.20. The number of hydrogen-bond acceptors (Lipinski definition) is 3. The number of primary amides is 1. The maximum absolute atomic E-state index is 10.9. The van der Waals surface area contributed by atoms with E-state index in [9.17, 15) is 9.59 Å². The quantitative estimate of drug-likeness (QED) is 0.422. The molecule has 5 heteroatoms. The standard InChI is InChI=1S/C7H11N3O2/c1-2-3-5(8)7(12)10-4-6(9)11/h1,5H,3-4,8H2,(H2,9,11)(H,10,12). The maximum Gasteiger partial charge on any atom is 0.238 e. The summed E-state index contributed by atoms with van der Waals surface area (Å²) in [5.74, 6) is 1.15. The molecule has 0 aromatic rings. The lowest BCUT2D eigenvalue weighted by Gasteiger charge is -2.07. The van der Waals surface area contributed by atoms with Gasteiger partial charge in [0.15, 0.2) is 0 Å². The number of carbonyl (C=O) groups is 2. The van der Waals surface area contributed by atoms with Crippen molar-refractivity contribution >= 4 is 11.8 Å². The highest BCUT2D eigenvalue weighted by molar-refractivity contribution is 5.86. The third kappa shape index (κ3) is 4.30. The fourth-order valence-corrected chi connectivity index (χ4v) is 0.525. The first-order valence-corrected chi connectivity index (χ1v) is 3.33. The van der Waals surface area contributed by atoms with Crippen LogP contribution in [0, 0.1) is 12.3 Å². The lowest BCUT2D eigenvalue weighted by Crippen LogP contribution is -2.43. The van der Waals surface area contributed by atoms with Crippen molar-refractivity contribution in [1.29, 1.82) is 0 Å². The minimum Gasteiger partial charge on any atom is -0.368 e. The Morgan fingerprint density at radius 1 is 1.58 bits per heavy atom. The molecule has 0 saturated carbocycles. The van der Waals surface area contributed by atoms with Gasteiger partial charge in [-0.05, 0) is 0 Å². The van der Waals surface area contributed by atoms with Crippen LogP contribution in [-0.4, -0.2) is 24.4 Å². The van der Waals surface area contributed by atoms with Crippen molar-refractivity contribution in [3.8, 4) is 12.3 Å². The van der Waals surface area contributed by atoms with Crippen LogP contribution in [0.25, 0.3) is 0 Å². The predicted molar refractivity (Wildman–Crippen MR) is 43.6 cm³/mol. The van der Waals surface area contributed by atoms with Crippen LogP contribution in [0.1, 0.15) is 6.42 Å². The van der Waals surface area contributed by atoms with E-state index in [-0.39, 0.29) is 13.0 Å². The van der Waals surface area contributed by atoms with Gasteiger partial charge < -0.3 is 16.8 Å². The number of terminal acetylenes is 1. The Bertz CT molecular complexity index is 219. The van der Waals surface area contributed by atoms with E-state index in [4.69, 9.17) is 17.9 Å². The zero-order valence-corrected chi connectivity index (χ0v) is 6.54. The van der Waals surface area contributed by atoms with Crippen molar-refractivity contribution in [1.82, 2.24) is 5.32 Å². The summed E-state index contributed by atoms with van der Waals surface area (Å²) in [6.07, 6.45) is 5.07. The number of amides is 2. The van der Waals surface area contributed by atoms with Crippen LogP contribution in [0.2, 0.25) is 0 Å². The van der Waals surface area contributed by atoms with Gasteiger partial charge in [0, 0.05) is 6.42 Å². The molecule has 2 amide bonds. The van der Waals surface area contributed by atoms with Crippen molar-refractivity contribution in [2.24, 2.45) is 11.5 Å². The molecular formula is C7H11N3O2. The summed E-state index contributed by atoms with van der Waals surface area (Å²) < 4.78 is 0. The van der Waals surface area contributed by atoms with Gasteiger partial charge in [0.2, 0.25) is 11.8 Å². The molecule has 0 aromatic carbocycles. The summed E-state index contributed by atoms with van der Waals surface area (Å²) in [6, 6.07) is -0.769. The molecule has 0 heterocycles. The first-order valence-electron chi connectivity index (χ1n) is 3.33. The van der Waals surface area contributed by atoms with Crippen LogP contribution in [0.15, 0.2) is 0 Å². The molecule has 1 unspecified atom stereocenters. The lowest BCUT2D eigenvalue weighted by atomic mass is 10.2. The normalized spacial score (nSPS) is 11.3. The van der Waals surface area contributed by atoms with Crippen molar-refractivity contribution in [2.45, 2.75) is 12.5 Å². The van der Waals surface area contributed by atoms with Crippen molar-refractivity contribution < 1.29 is 9.59 Å². The second kappa shape index (κ2) is 5.16. The van der Waals surface area contributed by atoms with Gasteiger partial charge >= 0.3 is 0 Å². The lowest BCUT2D eigenvalue weighted by molar-refractivity contribution is -0.125. The van der Waals surface area contributed by atoms with Gasteiger partial charge in [-0.15, -0.1) is 12.3 Å². The molecule has 0 fully saturated rings. The highest BCUT2D eigenvalue weighted by Crippen LogP contribution is 1.84. The van der Waals surface area contributed by atoms with E-state index < -0.39 is 17.9 Å². The summed E-state index contributed by atoms with van der Waals surface area (Å²) in [4.78, 5) is 21.1. The third-order valence-electron chi connectivity index (χ3n) is 1.11. The predicted octanol–water partition coefficient (Wildman–Crippen LogP) is -2.06. The molecule has 0 spiro atoms. The molecule has 0 radical (unpaired) electrons. The number of hydrogen-bond donors (Lipinski definition) is 3. The maximum atomic E-state index is 10.9. The molecule has 66 valence electrons. The van der Waals surface area contributed by atoms with Crippen LogP contribution in [-0.2, 0) is 9.59 Å². The summed E-state index contributed by atoms with van der Waals surface area (Å²) >= 11 is 0. The van der Waals surface area contributed by atoms with Crippen LogP contribution in [0.3, 0.4) is 0 Å². The van der Waals surface area contributed by atoms with Gasteiger partial charge in [-0.1, -0.05) is 0 Å². The summed E-state index contributed by atoms with van der Waals surface area (Å²) in [5.41, 5.74) is 10.1. The molecule has 0 aromatic heterocycles. The average molecular weight is 169 g/mol. The first-order chi connectivity index (χ1) is 5.57. The van der Waals surface area contributed by atoms with Crippen molar-refractivity contribution in [3.05, 3.63) is 0 Å². The Balaban J connectivity index is 3.73. The van der Waals surface area contributed by atoms with Crippen LogP contribution in [0.4, 0.5) is 0 Å². The van der Waals surface area contributed by atoms with Crippen molar-refractivity contribution in [2.75, 3.05) is 6.54 Å². The molecule has 0 bridgehead atoms. The zero-order chi connectivity index (χ0) is 9.56. The van der Waals surface area contributed by atoms with Gasteiger partial charge in [-0.25, -0.2) is 0 Å². The molecular weight excluding hydrogens is 158 g/mol. The van der Waals surface area contributed by atoms with E-state index in [2.05, 4.69) is 11.2 Å². The SMILES string of the molecule is C#CCC(N)C(=O)NCC(N)=O. The summed E-state index contributed by atoms with van der Waals surface area (Å²) in [5, 5.41) is 2.23. The van der Waals surface area contributed by atoms with Gasteiger partial charge in [0.1, 0.15) is 0 Å². The monoisotopic (exact) mass is 169 g/mol. The zero-order valence-electron chi connectivity index (χ0n) is 6.54. The average Bonchev–Trinajstić information content (AvgIpc) is 2.00. The number of carbonyl (C=O) groups excluding carboxylic acids is 2. The van der Waals surface area contributed by atoms with Gasteiger partial charge in [-0.2, -0.15) is 0 Å². The molecule has 0 aliphatic rings. The van der Waals surface area contributed by atoms with Gasteiger partial charge in [-0.3, -0.25) is 9.59 Å². The summed E-state index contributed by atoms with van der Waals surface area (Å²) in [6.45, 7) is -0.211. The topological polar surface area (TPSA) is 98.2 Å². The Kier molecular flexibility index (Phi) is 4.49. The van der Waals surface area contributed by atoms with Gasteiger partial charge in [0.25, 0.3) is 0 Å². The van der Waals surface area contributed by atoms with Gasteiger partial charge in [0.05, 0.1) is 12.6 Å². The van der Waals surface area contributed by atoms with E-state index in [0.717, 1.165) is 0 Å². The molecule has 0 rings (SSSR count). The largest absolute Gasteiger partial charge is 0.368 e. The third-order valence-corrected chi connectivity index (χ3v) is 1.11. The van der Waals surface area contributed by atoms with E-state index in [1.165, 1.54) is 0 Å². The highest BCUT2D eigenvalue weighted by Gasteiger charge is 2.11. The summed E-state index contributed by atoms with van der Waals surface area (Å²) in [7, 11) is 0. The Morgan fingerprint density at radius 2 is 2.17 bits per heavy atom. The molecule has 12 heavy (non-hydrogen) atoms. The van der Waals surface area contributed by atoms with E-state index >= 15 is 0 Å². The fourth-order valence-electron chi connectivity index (χ4n) is 0.525. The number of rotatable bonds is 4. The molecule has 0 aliphatic carbocycles. The molecule has 0 saturated heterocycles. The van der Waals surface area contributed by atoms with E-state index in [1.54, 1.807) is 0 Å². The second-order valence-electron chi connectivity index (χ2n) is 2.20. The van der Waals surface area contributed by atoms with Crippen molar-refractivity contribution in [3.63, 3.8) is 0 Å². The van der Waals surface area contributed by atoms with E-state index in [1.807, 2.05) is 0 Å².